The van der Waals surface area contributed by atoms with Gasteiger partial charge in [0.25, 0.3) is 5.91 Å². The van der Waals surface area contributed by atoms with E-state index in [2.05, 4.69) is 5.32 Å². The fourth-order valence-electron chi connectivity index (χ4n) is 2.89. The first-order chi connectivity index (χ1) is 12.2. The van der Waals surface area contributed by atoms with Crippen LogP contribution in [0, 0.1) is 0 Å². The minimum atomic E-state index is -1.07. The molecule has 0 aromatic heterocycles. The van der Waals surface area contributed by atoms with Crippen molar-refractivity contribution in [1.29, 1.82) is 0 Å². The molecule has 2 rings (SSSR count). The zero-order valence-electron chi connectivity index (χ0n) is 15.8. The van der Waals surface area contributed by atoms with Crippen LogP contribution in [0.25, 0.3) is 0 Å². The van der Waals surface area contributed by atoms with Crippen LogP contribution in [0.4, 0.5) is 0 Å². The first kappa shape index (κ1) is 20.2. The Kier molecular flexibility index (Phi) is 7.03. The minimum absolute atomic E-state index is 0.203. The van der Waals surface area contributed by atoms with E-state index < -0.39 is 17.9 Å². The van der Waals surface area contributed by atoms with Gasteiger partial charge in [-0.25, -0.2) is 4.79 Å². The maximum Gasteiger partial charge on any atom is 0.326 e. The van der Waals surface area contributed by atoms with Crippen LogP contribution in [-0.4, -0.2) is 41.3 Å². The van der Waals surface area contributed by atoms with E-state index >= 15 is 0 Å². The molecule has 144 valence electrons. The molecule has 1 aliphatic rings. The lowest BCUT2D eigenvalue weighted by Gasteiger charge is -2.21. The molecule has 26 heavy (non-hydrogen) atoms. The number of nitrogens with one attached hydrogen (secondary N) is 1. The van der Waals surface area contributed by atoms with Crippen LogP contribution in [0.1, 0.15) is 63.2 Å². The number of rotatable bonds is 8. The number of benzene rings is 1. The summed E-state index contributed by atoms with van der Waals surface area (Å²) in [7, 11) is 0. The number of hydrogen-bond acceptors (Lipinski definition) is 4. The van der Waals surface area contributed by atoms with Crippen LogP contribution in [0.5, 0.6) is 5.75 Å². The van der Waals surface area contributed by atoms with Crippen molar-refractivity contribution in [3.05, 3.63) is 29.8 Å². The molecule has 1 fully saturated rings. The third kappa shape index (κ3) is 6.67. The molecule has 1 aromatic carbocycles. The summed E-state index contributed by atoms with van der Waals surface area (Å²) in [6.45, 7) is 5.96. The van der Waals surface area contributed by atoms with E-state index in [0.717, 1.165) is 12.8 Å². The Morgan fingerprint density at radius 3 is 2.58 bits per heavy atom. The third-order valence-corrected chi connectivity index (χ3v) is 4.25. The Balaban J connectivity index is 1.94. The standard InChI is InChI=1S/C20H29NO5/c1-20(2,3)25-12-11-17(19(23)24)21-18(22)14-7-6-10-16(13-14)26-15-8-4-5-9-15/h6-7,10,13,15,17H,4-5,8-9,11-12H2,1-3H3,(H,21,22)(H,23,24). The summed E-state index contributed by atoms with van der Waals surface area (Å²) in [6.07, 6.45) is 4.81. The van der Waals surface area contributed by atoms with Gasteiger partial charge in [-0.1, -0.05) is 6.07 Å². The van der Waals surface area contributed by atoms with Crippen molar-refractivity contribution in [2.75, 3.05) is 6.61 Å². The predicted octanol–water partition coefficient (Wildman–Crippen LogP) is 3.40. The highest BCUT2D eigenvalue weighted by Gasteiger charge is 2.22. The Hall–Kier alpha value is -2.08. The summed E-state index contributed by atoms with van der Waals surface area (Å²) >= 11 is 0. The Labute approximate surface area is 154 Å². The number of ether oxygens (including phenoxy) is 2. The van der Waals surface area contributed by atoms with Gasteiger partial charge in [-0.05, 0) is 64.7 Å². The second kappa shape index (κ2) is 9.03. The first-order valence-electron chi connectivity index (χ1n) is 9.19. The predicted molar refractivity (Wildman–Crippen MR) is 98.5 cm³/mol. The maximum atomic E-state index is 12.4. The molecule has 1 aromatic rings. The lowest BCUT2D eigenvalue weighted by atomic mass is 10.1. The van der Waals surface area contributed by atoms with Gasteiger partial charge in [0.2, 0.25) is 0 Å². The summed E-state index contributed by atoms with van der Waals surface area (Å²) in [4.78, 5) is 23.9. The molecule has 6 heteroatoms. The molecule has 1 saturated carbocycles. The lowest BCUT2D eigenvalue weighted by Crippen LogP contribution is -2.42. The molecule has 0 saturated heterocycles. The highest BCUT2D eigenvalue weighted by molar-refractivity contribution is 5.96. The number of hydrogen-bond donors (Lipinski definition) is 2. The van der Waals surface area contributed by atoms with Crippen molar-refractivity contribution >= 4 is 11.9 Å². The summed E-state index contributed by atoms with van der Waals surface area (Å²) < 4.78 is 11.5. The smallest absolute Gasteiger partial charge is 0.326 e. The topological polar surface area (TPSA) is 84.9 Å². The van der Waals surface area contributed by atoms with Gasteiger partial charge in [-0.15, -0.1) is 0 Å². The maximum absolute atomic E-state index is 12.4. The summed E-state index contributed by atoms with van der Waals surface area (Å²) in [6, 6.07) is 5.89. The van der Waals surface area contributed by atoms with Crippen molar-refractivity contribution in [2.24, 2.45) is 0 Å². The van der Waals surface area contributed by atoms with Gasteiger partial charge in [0.1, 0.15) is 11.8 Å². The fraction of sp³-hybridized carbons (Fsp3) is 0.600. The van der Waals surface area contributed by atoms with Crippen molar-refractivity contribution < 1.29 is 24.2 Å². The van der Waals surface area contributed by atoms with Crippen molar-refractivity contribution in [1.82, 2.24) is 5.32 Å². The van der Waals surface area contributed by atoms with Crippen LogP contribution >= 0.6 is 0 Å². The molecule has 1 aliphatic carbocycles. The number of amides is 1. The minimum Gasteiger partial charge on any atom is -0.490 e. The van der Waals surface area contributed by atoms with E-state index in [0.29, 0.717) is 11.3 Å². The van der Waals surface area contributed by atoms with Gasteiger partial charge in [-0.3, -0.25) is 4.79 Å². The van der Waals surface area contributed by atoms with Crippen molar-refractivity contribution in [3.63, 3.8) is 0 Å². The molecule has 0 bridgehead atoms. The highest BCUT2D eigenvalue weighted by atomic mass is 16.5. The highest BCUT2D eigenvalue weighted by Crippen LogP contribution is 2.24. The molecule has 6 nitrogen and oxygen atoms in total. The summed E-state index contributed by atoms with van der Waals surface area (Å²) in [5, 5.41) is 11.9. The third-order valence-electron chi connectivity index (χ3n) is 4.25. The molecule has 1 unspecified atom stereocenters. The van der Waals surface area contributed by atoms with Crippen LogP contribution in [0.3, 0.4) is 0 Å². The van der Waals surface area contributed by atoms with Crippen molar-refractivity contribution in [2.45, 2.75) is 70.6 Å². The largest absolute Gasteiger partial charge is 0.490 e. The van der Waals surface area contributed by atoms with Crippen LogP contribution in [0.2, 0.25) is 0 Å². The molecule has 1 atom stereocenters. The zero-order chi connectivity index (χ0) is 19.2. The number of carboxylic acids is 1. The van der Waals surface area contributed by atoms with E-state index in [1.165, 1.54) is 12.8 Å². The second-order valence-corrected chi connectivity index (χ2v) is 7.67. The second-order valence-electron chi connectivity index (χ2n) is 7.67. The van der Waals surface area contributed by atoms with Crippen LogP contribution in [-0.2, 0) is 9.53 Å². The number of carbonyl (C=O) groups is 2. The number of aliphatic carboxylic acids is 1. The number of carbonyl (C=O) groups excluding carboxylic acids is 1. The van der Waals surface area contributed by atoms with Gasteiger partial charge >= 0.3 is 5.97 Å². The van der Waals surface area contributed by atoms with E-state index in [-0.39, 0.29) is 24.7 Å². The van der Waals surface area contributed by atoms with Gasteiger partial charge in [0, 0.05) is 18.6 Å². The molecular formula is C20H29NO5. The molecule has 1 amide bonds. The quantitative estimate of drug-likeness (QED) is 0.739. The average molecular weight is 363 g/mol. The van der Waals surface area contributed by atoms with Gasteiger partial charge in [0.05, 0.1) is 11.7 Å². The van der Waals surface area contributed by atoms with Gasteiger partial charge in [-0.2, -0.15) is 0 Å². The molecule has 2 N–H and O–H groups in total. The lowest BCUT2D eigenvalue weighted by molar-refractivity contribution is -0.140. The van der Waals surface area contributed by atoms with Gasteiger partial charge in [0.15, 0.2) is 0 Å². The summed E-state index contributed by atoms with van der Waals surface area (Å²) in [5.41, 5.74) is 0.0439. The monoisotopic (exact) mass is 363 g/mol. The number of carboxylic acid groups (broad SMARTS) is 1. The van der Waals surface area contributed by atoms with Gasteiger partial charge < -0.3 is 19.9 Å². The van der Waals surface area contributed by atoms with E-state index in [1.54, 1.807) is 18.2 Å². The van der Waals surface area contributed by atoms with E-state index in [1.807, 2.05) is 26.8 Å². The zero-order valence-corrected chi connectivity index (χ0v) is 15.8. The Morgan fingerprint density at radius 1 is 1.27 bits per heavy atom. The van der Waals surface area contributed by atoms with Crippen molar-refractivity contribution in [3.8, 4) is 5.75 Å². The molecule has 0 heterocycles. The SMILES string of the molecule is CC(C)(C)OCCC(NC(=O)c1cccc(OC2CCCC2)c1)C(=O)O. The molecule has 0 aliphatic heterocycles. The van der Waals surface area contributed by atoms with Crippen LogP contribution in [0.15, 0.2) is 24.3 Å². The Bertz CT molecular complexity index is 617. The van der Waals surface area contributed by atoms with E-state index in [4.69, 9.17) is 9.47 Å². The molecular weight excluding hydrogens is 334 g/mol. The fourth-order valence-corrected chi connectivity index (χ4v) is 2.89. The molecule has 0 spiro atoms. The first-order valence-corrected chi connectivity index (χ1v) is 9.19. The Morgan fingerprint density at radius 2 is 1.96 bits per heavy atom. The summed E-state index contributed by atoms with van der Waals surface area (Å²) in [5.74, 6) is -0.855. The van der Waals surface area contributed by atoms with E-state index in [9.17, 15) is 14.7 Å². The molecule has 0 radical (unpaired) electrons. The van der Waals surface area contributed by atoms with Crippen LogP contribution < -0.4 is 10.1 Å². The average Bonchev–Trinajstić information content (AvgIpc) is 3.05. The normalized spacial score (nSPS) is 16.3.